The number of anilines is 1. The standard InChI is InChI=1S/C14H21ClN2O/c1-14(18)5-7-17(8-6-14)13-4-3-11(10-16-2)9-12(13)15/h3-4,9,16,18H,5-8,10H2,1-2H3. The molecule has 1 fully saturated rings. The van der Waals surface area contributed by atoms with Crippen LogP contribution in [-0.4, -0.2) is 30.8 Å². The minimum Gasteiger partial charge on any atom is -0.390 e. The summed E-state index contributed by atoms with van der Waals surface area (Å²) in [7, 11) is 1.93. The van der Waals surface area contributed by atoms with Crippen LogP contribution >= 0.6 is 11.6 Å². The van der Waals surface area contributed by atoms with Gasteiger partial charge in [0.2, 0.25) is 0 Å². The molecule has 1 aromatic rings. The molecule has 1 aliphatic heterocycles. The van der Waals surface area contributed by atoms with Crippen molar-refractivity contribution < 1.29 is 5.11 Å². The van der Waals surface area contributed by atoms with Gasteiger partial charge in [0, 0.05) is 19.6 Å². The van der Waals surface area contributed by atoms with Crippen LogP contribution in [0.4, 0.5) is 5.69 Å². The molecule has 0 radical (unpaired) electrons. The van der Waals surface area contributed by atoms with Crippen LogP contribution in [0.1, 0.15) is 25.3 Å². The quantitative estimate of drug-likeness (QED) is 0.884. The molecule has 2 N–H and O–H groups in total. The van der Waals surface area contributed by atoms with Crippen LogP contribution in [0, 0.1) is 0 Å². The number of benzene rings is 1. The van der Waals surface area contributed by atoms with Crippen LogP contribution in [0.2, 0.25) is 5.02 Å². The zero-order chi connectivity index (χ0) is 13.2. The van der Waals surface area contributed by atoms with Gasteiger partial charge in [0.15, 0.2) is 0 Å². The van der Waals surface area contributed by atoms with E-state index in [1.807, 2.05) is 20.0 Å². The number of halogens is 1. The van der Waals surface area contributed by atoms with Gasteiger partial charge in [-0.1, -0.05) is 17.7 Å². The molecule has 18 heavy (non-hydrogen) atoms. The molecule has 4 heteroatoms. The van der Waals surface area contributed by atoms with E-state index in [0.717, 1.165) is 43.2 Å². The zero-order valence-corrected chi connectivity index (χ0v) is 11.8. The number of nitrogens with one attached hydrogen (secondary N) is 1. The lowest BCUT2D eigenvalue weighted by molar-refractivity contribution is 0.0351. The molecule has 1 aliphatic rings. The Hall–Kier alpha value is -0.770. The van der Waals surface area contributed by atoms with E-state index >= 15 is 0 Å². The average Bonchev–Trinajstić information content (AvgIpc) is 2.31. The topological polar surface area (TPSA) is 35.5 Å². The van der Waals surface area contributed by atoms with Crippen LogP contribution in [0.15, 0.2) is 18.2 Å². The molecule has 3 nitrogen and oxygen atoms in total. The molecule has 0 atom stereocenters. The maximum Gasteiger partial charge on any atom is 0.0653 e. The predicted octanol–water partition coefficient (Wildman–Crippen LogP) is 2.41. The lowest BCUT2D eigenvalue weighted by Crippen LogP contribution is -2.42. The van der Waals surface area contributed by atoms with Crippen molar-refractivity contribution >= 4 is 17.3 Å². The molecule has 0 saturated carbocycles. The Morgan fingerprint density at radius 3 is 2.61 bits per heavy atom. The first-order chi connectivity index (χ1) is 8.52. The number of hydrogen-bond donors (Lipinski definition) is 2. The Labute approximate surface area is 114 Å². The van der Waals surface area contributed by atoms with E-state index in [0.29, 0.717) is 0 Å². The highest BCUT2D eigenvalue weighted by atomic mass is 35.5. The molecule has 0 unspecified atom stereocenters. The number of rotatable bonds is 3. The van der Waals surface area contributed by atoms with Crippen LogP contribution in [0.5, 0.6) is 0 Å². The van der Waals surface area contributed by atoms with Crippen molar-refractivity contribution in [2.45, 2.75) is 31.9 Å². The van der Waals surface area contributed by atoms with Gasteiger partial charge < -0.3 is 15.3 Å². The lowest BCUT2D eigenvalue weighted by Gasteiger charge is -2.37. The Morgan fingerprint density at radius 1 is 1.39 bits per heavy atom. The molecule has 100 valence electrons. The Kier molecular flexibility index (Phi) is 4.15. The third-order valence-electron chi connectivity index (χ3n) is 3.57. The van der Waals surface area contributed by atoms with Crippen molar-refractivity contribution in [3.8, 4) is 0 Å². The fourth-order valence-corrected chi connectivity index (χ4v) is 2.67. The Balaban J connectivity index is 2.10. The van der Waals surface area contributed by atoms with E-state index in [-0.39, 0.29) is 0 Å². The van der Waals surface area contributed by atoms with Crippen molar-refractivity contribution in [3.05, 3.63) is 28.8 Å². The van der Waals surface area contributed by atoms with E-state index in [4.69, 9.17) is 11.6 Å². The van der Waals surface area contributed by atoms with Crippen molar-refractivity contribution in [2.24, 2.45) is 0 Å². The summed E-state index contributed by atoms with van der Waals surface area (Å²) in [6.07, 6.45) is 1.59. The van der Waals surface area contributed by atoms with Gasteiger partial charge in [-0.25, -0.2) is 0 Å². The Morgan fingerprint density at radius 2 is 2.06 bits per heavy atom. The van der Waals surface area contributed by atoms with E-state index in [2.05, 4.69) is 22.3 Å². The summed E-state index contributed by atoms with van der Waals surface area (Å²) in [6.45, 7) is 4.45. The highest BCUT2D eigenvalue weighted by Gasteiger charge is 2.28. The van der Waals surface area contributed by atoms with Crippen LogP contribution < -0.4 is 10.2 Å². The predicted molar refractivity (Wildman–Crippen MR) is 76.3 cm³/mol. The fraction of sp³-hybridized carbons (Fsp3) is 0.571. The van der Waals surface area contributed by atoms with Gasteiger partial charge in [-0.2, -0.15) is 0 Å². The van der Waals surface area contributed by atoms with E-state index in [9.17, 15) is 5.11 Å². The summed E-state index contributed by atoms with van der Waals surface area (Å²) >= 11 is 6.34. The van der Waals surface area contributed by atoms with Gasteiger partial charge >= 0.3 is 0 Å². The zero-order valence-electron chi connectivity index (χ0n) is 11.0. The maximum atomic E-state index is 9.95. The van der Waals surface area contributed by atoms with Gasteiger partial charge in [0.05, 0.1) is 16.3 Å². The molecule has 1 saturated heterocycles. The first-order valence-corrected chi connectivity index (χ1v) is 6.80. The van der Waals surface area contributed by atoms with Crippen molar-refractivity contribution in [3.63, 3.8) is 0 Å². The van der Waals surface area contributed by atoms with Crippen molar-refractivity contribution in [2.75, 3.05) is 25.0 Å². The molecule has 1 aromatic carbocycles. The minimum absolute atomic E-state index is 0.519. The summed E-state index contributed by atoms with van der Waals surface area (Å²) < 4.78 is 0. The van der Waals surface area contributed by atoms with Gasteiger partial charge in [-0.3, -0.25) is 0 Å². The molecular formula is C14H21ClN2O. The van der Waals surface area contributed by atoms with Crippen LogP contribution in [0.3, 0.4) is 0 Å². The van der Waals surface area contributed by atoms with Crippen molar-refractivity contribution in [1.82, 2.24) is 5.32 Å². The van der Waals surface area contributed by atoms with Crippen molar-refractivity contribution in [1.29, 1.82) is 0 Å². The SMILES string of the molecule is CNCc1ccc(N2CCC(C)(O)CC2)c(Cl)c1. The summed E-state index contributed by atoms with van der Waals surface area (Å²) in [5, 5.41) is 13.9. The van der Waals surface area contributed by atoms with E-state index < -0.39 is 5.60 Å². The van der Waals surface area contributed by atoms with Crippen LogP contribution in [-0.2, 0) is 6.54 Å². The van der Waals surface area contributed by atoms with Gasteiger partial charge in [0.25, 0.3) is 0 Å². The molecule has 0 spiro atoms. The van der Waals surface area contributed by atoms with E-state index in [1.54, 1.807) is 0 Å². The summed E-state index contributed by atoms with van der Waals surface area (Å²) in [6, 6.07) is 6.19. The minimum atomic E-state index is -0.519. The number of nitrogens with zero attached hydrogens (tertiary/aromatic N) is 1. The molecule has 0 bridgehead atoms. The van der Waals surface area contributed by atoms with E-state index in [1.165, 1.54) is 5.56 Å². The third-order valence-corrected chi connectivity index (χ3v) is 3.88. The summed E-state index contributed by atoms with van der Waals surface area (Å²) in [5.74, 6) is 0. The molecule has 2 rings (SSSR count). The normalized spacial score (nSPS) is 19.0. The number of hydrogen-bond acceptors (Lipinski definition) is 3. The highest BCUT2D eigenvalue weighted by Crippen LogP contribution is 2.31. The van der Waals surface area contributed by atoms with Gasteiger partial charge in [-0.05, 0) is 44.5 Å². The maximum absolute atomic E-state index is 9.95. The van der Waals surface area contributed by atoms with Crippen LogP contribution in [0.25, 0.3) is 0 Å². The average molecular weight is 269 g/mol. The number of piperidine rings is 1. The molecular weight excluding hydrogens is 248 g/mol. The molecule has 0 aliphatic carbocycles. The summed E-state index contributed by atoms with van der Waals surface area (Å²) in [4.78, 5) is 2.25. The first-order valence-electron chi connectivity index (χ1n) is 6.42. The Bertz CT molecular complexity index is 410. The first kappa shape index (κ1) is 13.7. The van der Waals surface area contributed by atoms with Gasteiger partial charge in [-0.15, -0.1) is 0 Å². The fourth-order valence-electron chi connectivity index (χ4n) is 2.35. The largest absolute Gasteiger partial charge is 0.390 e. The van der Waals surface area contributed by atoms with Gasteiger partial charge in [0.1, 0.15) is 0 Å². The smallest absolute Gasteiger partial charge is 0.0653 e. The number of aliphatic hydroxyl groups is 1. The lowest BCUT2D eigenvalue weighted by atomic mass is 9.93. The second kappa shape index (κ2) is 5.47. The summed E-state index contributed by atoms with van der Waals surface area (Å²) in [5.41, 5.74) is 1.75. The third kappa shape index (κ3) is 3.16. The molecule has 0 aromatic heterocycles. The second-order valence-corrected chi connectivity index (χ2v) is 5.71. The second-order valence-electron chi connectivity index (χ2n) is 5.30. The monoisotopic (exact) mass is 268 g/mol. The molecule has 1 heterocycles. The molecule has 0 amide bonds. The highest BCUT2D eigenvalue weighted by molar-refractivity contribution is 6.33.